The standard InChI is InChI=1S/C19H18N2O/c1-21(2)13-17(14-8-4-3-5-9-14)19(22)16-12-20-18-11-7-6-10-15(16)18/h3-13,20H,1-2H3/b17-13+. The summed E-state index contributed by atoms with van der Waals surface area (Å²) in [6.45, 7) is 0. The Bertz CT molecular complexity index is 829. The van der Waals surface area contributed by atoms with Crippen molar-refractivity contribution in [3.05, 3.63) is 78.1 Å². The molecule has 3 heteroatoms. The van der Waals surface area contributed by atoms with Crippen LogP contribution in [0.15, 0.2) is 67.0 Å². The maximum absolute atomic E-state index is 13.0. The van der Waals surface area contributed by atoms with Crippen LogP contribution in [0.2, 0.25) is 0 Å². The van der Waals surface area contributed by atoms with Crippen LogP contribution in [0.4, 0.5) is 0 Å². The van der Waals surface area contributed by atoms with E-state index in [2.05, 4.69) is 4.98 Å². The summed E-state index contributed by atoms with van der Waals surface area (Å²) in [4.78, 5) is 18.1. The molecule has 3 nitrogen and oxygen atoms in total. The maximum atomic E-state index is 13.0. The van der Waals surface area contributed by atoms with E-state index in [0.717, 1.165) is 16.5 Å². The van der Waals surface area contributed by atoms with E-state index >= 15 is 0 Å². The van der Waals surface area contributed by atoms with Crippen molar-refractivity contribution >= 4 is 22.3 Å². The van der Waals surface area contributed by atoms with Gasteiger partial charge in [-0.15, -0.1) is 0 Å². The zero-order valence-electron chi connectivity index (χ0n) is 12.7. The molecule has 2 aromatic carbocycles. The molecule has 3 rings (SSSR count). The molecule has 0 spiro atoms. The van der Waals surface area contributed by atoms with Gasteiger partial charge in [-0.05, 0) is 11.6 Å². The topological polar surface area (TPSA) is 36.1 Å². The fourth-order valence-electron chi connectivity index (χ4n) is 2.54. The van der Waals surface area contributed by atoms with Crippen LogP contribution in [-0.2, 0) is 0 Å². The summed E-state index contributed by atoms with van der Waals surface area (Å²) in [6.07, 6.45) is 3.67. The third kappa shape index (κ3) is 2.66. The Morgan fingerprint density at radius 3 is 2.41 bits per heavy atom. The fourth-order valence-corrected chi connectivity index (χ4v) is 2.54. The molecule has 0 atom stereocenters. The number of carbonyl (C=O) groups excluding carboxylic acids is 1. The van der Waals surface area contributed by atoms with Gasteiger partial charge in [0.2, 0.25) is 0 Å². The summed E-state index contributed by atoms with van der Waals surface area (Å²) < 4.78 is 0. The molecule has 0 aliphatic rings. The number of nitrogens with one attached hydrogen (secondary N) is 1. The first-order chi connectivity index (χ1) is 10.7. The van der Waals surface area contributed by atoms with Crippen LogP contribution >= 0.6 is 0 Å². The summed E-state index contributed by atoms with van der Waals surface area (Å²) in [5.41, 5.74) is 3.29. The van der Waals surface area contributed by atoms with E-state index in [0.29, 0.717) is 11.1 Å². The zero-order chi connectivity index (χ0) is 15.5. The summed E-state index contributed by atoms with van der Waals surface area (Å²) in [6, 6.07) is 17.6. The zero-order valence-corrected chi connectivity index (χ0v) is 12.7. The van der Waals surface area contributed by atoms with E-state index in [-0.39, 0.29) is 5.78 Å². The first-order valence-corrected chi connectivity index (χ1v) is 7.21. The maximum Gasteiger partial charge on any atom is 0.197 e. The highest BCUT2D eigenvalue weighted by atomic mass is 16.1. The largest absolute Gasteiger partial charge is 0.383 e. The number of Topliss-reactive ketones (excluding diaryl/α,β-unsaturated/α-hetero) is 1. The van der Waals surface area contributed by atoms with E-state index in [4.69, 9.17) is 0 Å². The van der Waals surface area contributed by atoms with E-state index < -0.39 is 0 Å². The van der Waals surface area contributed by atoms with Gasteiger partial charge in [0, 0.05) is 48.5 Å². The summed E-state index contributed by atoms with van der Waals surface area (Å²) in [5, 5.41) is 0.952. The Balaban J connectivity index is 2.11. The van der Waals surface area contributed by atoms with Crippen molar-refractivity contribution in [2.24, 2.45) is 0 Å². The van der Waals surface area contributed by atoms with E-state index in [1.54, 1.807) is 6.20 Å². The lowest BCUT2D eigenvalue weighted by Gasteiger charge is -2.11. The number of H-pyrrole nitrogens is 1. The van der Waals surface area contributed by atoms with E-state index in [1.165, 1.54) is 0 Å². The molecule has 22 heavy (non-hydrogen) atoms. The highest BCUT2D eigenvalue weighted by molar-refractivity contribution is 6.32. The monoisotopic (exact) mass is 290 g/mol. The van der Waals surface area contributed by atoms with Crippen LogP contribution in [0.1, 0.15) is 15.9 Å². The molecule has 0 unspecified atom stereocenters. The third-order valence-electron chi connectivity index (χ3n) is 3.55. The lowest BCUT2D eigenvalue weighted by atomic mass is 9.97. The van der Waals surface area contributed by atoms with Crippen molar-refractivity contribution in [2.75, 3.05) is 14.1 Å². The van der Waals surface area contributed by atoms with Crippen molar-refractivity contribution in [3.63, 3.8) is 0 Å². The average molecular weight is 290 g/mol. The van der Waals surface area contributed by atoms with Crippen LogP contribution in [0.25, 0.3) is 16.5 Å². The number of hydrogen-bond acceptors (Lipinski definition) is 2. The second kappa shape index (κ2) is 5.90. The Hall–Kier alpha value is -2.81. The van der Waals surface area contributed by atoms with Gasteiger partial charge >= 0.3 is 0 Å². The molecule has 0 amide bonds. The van der Waals surface area contributed by atoms with Gasteiger partial charge in [0.1, 0.15) is 0 Å². The summed E-state index contributed by atoms with van der Waals surface area (Å²) >= 11 is 0. The minimum absolute atomic E-state index is 0.0253. The number of allylic oxidation sites excluding steroid dienone is 1. The lowest BCUT2D eigenvalue weighted by Crippen LogP contribution is -2.09. The fraction of sp³-hybridized carbons (Fsp3) is 0.105. The Morgan fingerprint density at radius 2 is 1.68 bits per heavy atom. The number of aromatic amines is 1. The number of ketones is 1. The van der Waals surface area contributed by atoms with Crippen LogP contribution in [0.5, 0.6) is 0 Å². The number of fused-ring (bicyclic) bond motifs is 1. The molecule has 0 aliphatic carbocycles. The molecular formula is C19H18N2O. The minimum atomic E-state index is 0.0253. The minimum Gasteiger partial charge on any atom is -0.383 e. The predicted octanol–water partition coefficient (Wildman–Crippen LogP) is 3.95. The van der Waals surface area contributed by atoms with Crippen LogP contribution in [-0.4, -0.2) is 29.8 Å². The highest BCUT2D eigenvalue weighted by Crippen LogP contribution is 2.25. The third-order valence-corrected chi connectivity index (χ3v) is 3.55. The molecule has 0 saturated heterocycles. The lowest BCUT2D eigenvalue weighted by molar-refractivity contribution is 0.105. The van der Waals surface area contributed by atoms with E-state index in [1.807, 2.05) is 79.8 Å². The first-order valence-electron chi connectivity index (χ1n) is 7.21. The summed E-state index contributed by atoms with van der Waals surface area (Å²) in [5.74, 6) is 0.0253. The molecule has 0 radical (unpaired) electrons. The first kappa shape index (κ1) is 14.1. The van der Waals surface area contributed by atoms with Gasteiger partial charge in [0.15, 0.2) is 5.78 Å². The molecule has 110 valence electrons. The van der Waals surface area contributed by atoms with Gasteiger partial charge in [0.05, 0.1) is 0 Å². The van der Waals surface area contributed by atoms with Gasteiger partial charge in [-0.25, -0.2) is 0 Å². The highest BCUT2D eigenvalue weighted by Gasteiger charge is 2.18. The normalized spacial score (nSPS) is 11.6. The number of benzene rings is 2. The molecule has 1 N–H and O–H groups in total. The average Bonchev–Trinajstić information content (AvgIpc) is 2.97. The number of rotatable bonds is 4. The number of para-hydroxylation sites is 1. The second-order valence-corrected chi connectivity index (χ2v) is 5.45. The molecule has 0 saturated carbocycles. The predicted molar refractivity (Wildman–Crippen MR) is 90.7 cm³/mol. The van der Waals surface area contributed by atoms with E-state index in [9.17, 15) is 4.79 Å². The van der Waals surface area contributed by atoms with Crippen molar-refractivity contribution in [1.29, 1.82) is 0 Å². The molecule has 0 aliphatic heterocycles. The van der Waals surface area contributed by atoms with Crippen molar-refractivity contribution in [3.8, 4) is 0 Å². The van der Waals surface area contributed by atoms with Crippen molar-refractivity contribution in [1.82, 2.24) is 9.88 Å². The van der Waals surface area contributed by atoms with Crippen LogP contribution < -0.4 is 0 Å². The van der Waals surface area contributed by atoms with Crippen molar-refractivity contribution in [2.45, 2.75) is 0 Å². The Kier molecular flexibility index (Phi) is 3.79. The Morgan fingerprint density at radius 1 is 1.00 bits per heavy atom. The van der Waals surface area contributed by atoms with Gasteiger partial charge in [-0.2, -0.15) is 0 Å². The smallest absolute Gasteiger partial charge is 0.197 e. The molecule has 3 aromatic rings. The molecular weight excluding hydrogens is 272 g/mol. The van der Waals surface area contributed by atoms with Crippen LogP contribution in [0, 0.1) is 0 Å². The van der Waals surface area contributed by atoms with Crippen molar-refractivity contribution < 1.29 is 4.79 Å². The molecule has 0 bridgehead atoms. The number of aromatic nitrogens is 1. The summed E-state index contributed by atoms with van der Waals surface area (Å²) in [7, 11) is 3.84. The molecule has 1 aromatic heterocycles. The van der Waals surface area contributed by atoms with Gasteiger partial charge in [-0.3, -0.25) is 4.79 Å². The number of nitrogens with zero attached hydrogens (tertiary/aromatic N) is 1. The van der Waals surface area contributed by atoms with Gasteiger partial charge in [0.25, 0.3) is 0 Å². The number of hydrogen-bond donors (Lipinski definition) is 1. The van der Waals surface area contributed by atoms with Gasteiger partial charge < -0.3 is 9.88 Å². The number of carbonyl (C=O) groups is 1. The Labute approximate surface area is 129 Å². The second-order valence-electron chi connectivity index (χ2n) is 5.45. The quantitative estimate of drug-likeness (QED) is 0.583. The molecule has 0 fully saturated rings. The van der Waals surface area contributed by atoms with Gasteiger partial charge in [-0.1, -0.05) is 48.5 Å². The SMILES string of the molecule is CN(C)/C=C(/C(=O)c1c[nH]c2ccccc12)c1ccccc1. The van der Waals surface area contributed by atoms with Crippen LogP contribution in [0.3, 0.4) is 0 Å². The molecule has 1 heterocycles.